The van der Waals surface area contributed by atoms with Gasteiger partial charge in [0.15, 0.2) is 0 Å². The first kappa shape index (κ1) is 14.7. The Bertz CT molecular complexity index is 377. The van der Waals surface area contributed by atoms with Gasteiger partial charge in [0, 0.05) is 7.11 Å². The fraction of sp³-hybridized carbons (Fsp3) is 0.500. The average molecular weight is 250 g/mol. The van der Waals surface area contributed by atoms with Crippen molar-refractivity contribution in [3.63, 3.8) is 0 Å². The molecular formula is C14H22N2O2. The summed E-state index contributed by atoms with van der Waals surface area (Å²) in [5, 5.41) is 2.92. The molecule has 0 bridgehead atoms. The molecule has 18 heavy (non-hydrogen) atoms. The van der Waals surface area contributed by atoms with E-state index in [1.807, 2.05) is 37.3 Å². The van der Waals surface area contributed by atoms with Crippen LogP contribution in [0.3, 0.4) is 0 Å². The van der Waals surface area contributed by atoms with Crippen molar-refractivity contribution in [3.8, 4) is 0 Å². The number of nitrogens with two attached hydrogens (primary N) is 1. The molecule has 0 aliphatic rings. The molecule has 3 N–H and O–H groups in total. The van der Waals surface area contributed by atoms with Crippen molar-refractivity contribution < 1.29 is 9.53 Å². The summed E-state index contributed by atoms with van der Waals surface area (Å²) in [4.78, 5) is 12.2. The van der Waals surface area contributed by atoms with Crippen LogP contribution in [0.4, 0.5) is 0 Å². The topological polar surface area (TPSA) is 64.3 Å². The molecule has 0 aromatic heterocycles. The molecule has 1 aromatic carbocycles. The van der Waals surface area contributed by atoms with E-state index in [2.05, 4.69) is 5.32 Å². The lowest BCUT2D eigenvalue weighted by atomic mass is 9.92. The highest BCUT2D eigenvalue weighted by atomic mass is 16.5. The molecule has 0 radical (unpaired) electrons. The average Bonchev–Trinajstić information content (AvgIpc) is 2.39. The van der Waals surface area contributed by atoms with Crippen molar-refractivity contribution in [1.82, 2.24) is 5.32 Å². The molecule has 0 aliphatic carbocycles. The lowest BCUT2D eigenvalue weighted by molar-refractivity contribution is -0.127. The zero-order valence-electron chi connectivity index (χ0n) is 11.3. The van der Waals surface area contributed by atoms with Crippen molar-refractivity contribution in [3.05, 3.63) is 35.9 Å². The smallest absolute Gasteiger partial charge is 0.244 e. The van der Waals surface area contributed by atoms with E-state index in [0.29, 0.717) is 6.61 Å². The molecule has 0 fully saturated rings. The molecule has 4 heteroatoms. The maximum atomic E-state index is 12.2. The summed E-state index contributed by atoms with van der Waals surface area (Å²) >= 11 is 0. The van der Waals surface area contributed by atoms with Crippen LogP contribution < -0.4 is 11.1 Å². The van der Waals surface area contributed by atoms with Gasteiger partial charge in [0.05, 0.1) is 12.6 Å². The van der Waals surface area contributed by atoms with Crippen LogP contribution in [0.5, 0.6) is 0 Å². The minimum atomic E-state index is -1.03. The number of amides is 1. The van der Waals surface area contributed by atoms with E-state index in [0.717, 1.165) is 12.0 Å². The normalized spacial score (nSPS) is 15.8. The summed E-state index contributed by atoms with van der Waals surface area (Å²) in [6, 6.07) is 9.36. The quantitative estimate of drug-likeness (QED) is 0.802. The molecule has 100 valence electrons. The van der Waals surface area contributed by atoms with Crippen molar-refractivity contribution in [2.45, 2.75) is 31.8 Å². The summed E-state index contributed by atoms with van der Waals surface area (Å²) in [5.41, 5.74) is 5.90. The number of rotatable bonds is 6. The Balaban J connectivity index is 2.76. The highest BCUT2D eigenvalue weighted by molar-refractivity contribution is 5.87. The van der Waals surface area contributed by atoms with E-state index in [4.69, 9.17) is 10.5 Å². The van der Waals surface area contributed by atoms with Gasteiger partial charge in [-0.1, -0.05) is 37.3 Å². The molecule has 1 rings (SSSR count). The monoisotopic (exact) mass is 250 g/mol. The van der Waals surface area contributed by atoms with Crippen LogP contribution in [0, 0.1) is 0 Å². The Morgan fingerprint density at radius 1 is 1.44 bits per heavy atom. The van der Waals surface area contributed by atoms with Crippen LogP contribution in [0.15, 0.2) is 30.3 Å². The molecule has 4 nitrogen and oxygen atoms in total. The molecule has 0 heterocycles. The predicted molar refractivity (Wildman–Crippen MR) is 72.1 cm³/mol. The summed E-state index contributed by atoms with van der Waals surface area (Å²) in [7, 11) is 1.62. The summed E-state index contributed by atoms with van der Waals surface area (Å²) in [6.07, 6.45) is 0.810. The maximum Gasteiger partial charge on any atom is 0.244 e. The Kier molecular flexibility index (Phi) is 5.31. The van der Waals surface area contributed by atoms with Crippen molar-refractivity contribution in [2.24, 2.45) is 5.73 Å². The highest BCUT2D eigenvalue weighted by Gasteiger charge is 2.31. The summed E-state index contributed by atoms with van der Waals surface area (Å²) in [6.45, 7) is 4.21. The van der Waals surface area contributed by atoms with Crippen LogP contribution >= 0.6 is 0 Å². The number of ether oxygens (including phenoxy) is 1. The van der Waals surface area contributed by atoms with Gasteiger partial charge in [0.25, 0.3) is 0 Å². The number of nitrogens with one attached hydrogen (secondary N) is 1. The fourth-order valence-electron chi connectivity index (χ4n) is 1.71. The number of benzene rings is 1. The van der Waals surface area contributed by atoms with Gasteiger partial charge in [-0.05, 0) is 18.9 Å². The number of carbonyl (C=O) groups is 1. The Hall–Kier alpha value is -1.39. The van der Waals surface area contributed by atoms with Crippen LogP contribution in [0.1, 0.15) is 25.8 Å². The predicted octanol–water partition coefficient (Wildman–Crippen LogP) is 1.40. The van der Waals surface area contributed by atoms with E-state index in [1.165, 1.54) is 0 Å². The van der Waals surface area contributed by atoms with Crippen molar-refractivity contribution in [2.75, 3.05) is 13.7 Å². The van der Waals surface area contributed by atoms with E-state index in [-0.39, 0.29) is 11.9 Å². The Morgan fingerprint density at radius 2 is 2.06 bits per heavy atom. The number of carbonyl (C=O) groups excluding carboxylic acids is 1. The molecular weight excluding hydrogens is 228 g/mol. The van der Waals surface area contributed by atoms with Crippen LogP contribution in [0.25, 0.3) is 0 Å². The molecule has 0 saturated carbocycles. The van der Waals surface area contributed by atoms with Crippen molar-refractivity contribution in [1.29, 1.82) is 0 Å². The first-order chi connectivity index (χ1) is 8.52. The third-order valence-electron chi connectivity index (χ3n) is 3.04. The maximum absolute atomic E-state index is 12.2. The first-order valence-electron chi connectivity index (χ1n) is 6.16. The molecule has 0 saturated heterocycles. The Labute approximate surface area is 109 Å². The fourth-order valence-corrected chi connectivity index (χ4v) is 1.71. The van der Waals surface area contributed by atoms with Gasteiger partial charge in [-0.25, -0.2) is 0 Å². The second-order valence-corrected chi connectivity index (χ2v) is 4.60. The number of hydrogen-bond acceptors (Lipinski definition) is 3. The second-order valence-electron chi connectivity index (χ2n) is 4.60. The molecule has 0 aliphatic heterocycles. The minimum Gasteiger partial charge on any atom is -0.383 e. The van der Waals surface area contributed by atoms with Gasteiger partial charge in [0.2, 0.25) is 5.91 Å². The van der Waals surface area contributed by atoms with Crippen LogP contribution in [-0.4, -0.2) is 25.7 Å². The van der Waals surface area contributed by atoms with E-state index >= 15 is 0 Å². The van der Waals surface area contributed by atoms with Gasteiger partial charge in [-0.3, -0.25) is 4.79 Å². The van der Waals surface area contributed by atoms with E-state index in [9.17, 15) is 4.79 Å². The van der Waals surface area contributed by atoms with Gasteiger partial charge < -0.3 is 15.8 Å². The minimum absolute atomic E-state index is 0.00547. The zero-order valence-corrected chi connectivity index (χ0v) is 11.3. The van der Waals surface area contributed by atoms with Gasteiger partial charge in [0.1, 0.15) is 5.54 Å². The van der Waals surface area contributed by atoms with E-state index in [1.54, 1.807) is 14.0 Å². The standard InChI is InChI=1S/C14H22N2O2/c1-4-12(10-18-3)16-13(17)14(2,15)11-8-6-5-7-9-11/h5-9,12H,4,10,15H2,1-3H3,(H,16,17). The van der Waals surface area contributed by atoms with Crippen LogP contribution in [0.2, 0.25) is 0 Å². The van der Waals surface area contributed by atoms with Gasteiger partial charge in [-0.15, -0.1) is 0 Å². The molecule has 2 atom stereocenters. The third kappa shape index (κ3) is 3.55. The van der Waals surface area contributed by atoms with Crippen LogP contribution in [-0.2, 0) is 15.1 Å². The molecule has 1 aromatic rings. The van der Waals surface area contributed by atoms with Gasteiger partial charge >= 0.3 is 0 Å². The SMILES string of the molecule is CCC(COC)NC(=O)C(C)(N)c1ccccc1. The van der Waals surface area contributed by atoms with Crippen molar-refractivity contribution >= 4 is 5.91 Å². The molecule has 2 unspecified atom stereocenters. The van der Waals surface area contributed by atoms with E-state index < -0.39 is 5.54 Å². The number of methoxy groups -OCH3 is 1. The summed E-state index contributed by atoms with van der Waals surface area (Å²) < 4.78 is 5.06. The largest absolute Gasteiger partial charge is 0.383 e. The second kappa shape index (κ2) is 6.52. The lowest BCUT2D eigenvalue weighted by Gasteiger charge is -2.27. The highest BCUT2D eigenvalue weighted by Crippen LogP contribution is 2.17. The zero-order chi connectivity index (χ0) is 13.6. The van der Waals surface area contributed by atoms with Gasteiger partial charge in [-0.2, -0.15) is 0 Å². The molecule has 0 spiro atoms. The third-order valence-corrected chi connectivity index (χ3v) is 3.04. The number of hydrogen-bond donors (Lipinski definition) is 2. The first-order valence-corrected chi connectivity index (χ1v) is 6.16. The summed E-state index contributed by atoms with van der Waals surface area (Å²) in [5.74, 6) is -0.183. The Morgan fingerprint density at radius 3 is 2.56 bits per heavy atom. The molecule has 1 amide bonds. The lowest BCUT2D eigenvalue weighted by Crippen LogP contribution is -2.52.